The molecule has 0 atom stereocenters. The van der Waals surface area contributed by atoms with Crippen molar-refractivity contribution in [3.8, 4) is 0 Å². The van der Waals surface area contributed by atoms with Gasteiger partial charge in [-0.25, -0.2) is 0 Å². The fourth-order valence-corrected chi connectivity index (χ4v) is 0.561. The first-order valence-corrected chi connectivity index (χ1v) is 3.40. The minimum atomic E-state index is -0.731. The largest absolute Gasteiger partial charge is 0.598 e. The normalized spacial score (nSPS) is 8.64. The number of carbonyl (C=O) groups is 2. The molecule has 4 nitrogen and oxygen atoms in total. The third kappa shape index (κ3) is 5.45. The lowest BCUT2D eigenvalue weighted by Gasteiger charge is -2.08. The molecule has 0 heterocycles. The summed E-state index contributed by atoms with van der Waals surface area (Å²) in [6, 6.07) is 0. The first-order valence-electron chi connectivity index (χ1n) is 3.40. The molecule has 0 aliphatic rings. The van der Waals surface area contributed by atoms with Gasteiger partial charge in [-0.15, -0.1) is 0 Å². The maximum absolute atomic E-state index is 10.4. The Balaban J connectivity index is 3.76. The van der Waals surface area contributed by atoms with Crippen molar-refractivity contribution in [2.24, 2.45) is 0 Å². The maximum atomic E-state index is 10.4. The predicted molar refractivity (Wildman–Crippen MR) is 39.8 cm³/mol. The summed E-state index contributed by atoms with van der Waals surface area (Å²) < 4.78 is 9.26. The van der Waals surface area contributed by atoms with Gasteiger partial charge in [0.25, 0.3) is 11.9 Å². The molecule has 0 bridgehead atoms. The van der Waals surface area contributed by atoms with E-state index in [0.29, 0.717) is 6.32 Å². The molecule has 0 unspecified atom stereocenters. The summed E-state index contributed by atoms with van der Waals surface area (Å²) in [6.07, 6.45) is 0.471. The van der Waals surface area contributed by atoms with Crippen LogP contribution in [-0.2, 0) is 18.9 Å². The molecule has 0 rings (SSSR count). The van der Waals surface area contributed by atoms with Crippen LogP contribution in [0, 0.1) is 0 Å². The van der Waals surface area contributed by atoms with Gasteiger partial charge in [0.05, 0.1) is 0 Å². The lowest BCUT2D eigenvalue weighted by molar-refractivity contribution is -0.137. The van der Waals surface area contributed by atoms with Crippen LogP contribution in [0.4, 0.5) is 0 Å². The molecule has 62 valence electrons. The minimum absolute atomic E-state index is 0.446. The minimum Gasteiger partial charge on any atom is -0.499 e. The van der Waals surface area contributed by atoms with E-state index in [9.17, 15) is 9.59 Å². The molecular weight excluding hydrogens is 147 g/mol. The molecule has 0 saturated carbocycles. The fraction of sp³-hybridized carbons (Fsp3) is 0.667. The number of carbonyl (C=O) groups excluding carboxylic acids is 2. The second kappa shape index (κ2) is 4.76. The van der Waals surface area contributed by atoms with Gasteiger partial charge < -0.3 is 9.31 Å². The highest BCUT2D eigenvalue weighted by atomic mass is 16.6. The average Bonchev–Trinajstić information content (AvgIpc) is 1.84. The second-order valence-corrected chi connectivity index (χ2v) is 2.06. The maximum Gasteiger partial charge on any atom is 0.598 e. The first-order chi connectivity index (χ1) is 5.06. The predicted octanol–water partition coefficient (Wildman–Crippen LogP) is 0.621. The van der Waals surface area contributed by atoms with Gasteiger partial charge in [-0.1, -0.05) is 6.92 Å². The van der Waals surface area contributed by atoms with Gasteiger partial charge in [0, 0.05) is 20.2 Å². The molecule has 0 aromatic heterocycles. The van der Waals surface area contributed by atoms with Crippen molar-refractivity contribution < 1.29 is 18.9 Å². The van der Waals surface area contributed by atoms with Crippen molar-refractivity contribution in [2.75, 3.05) is 0 Å². The zero-order valence-electron chi connectivity index (χ0n) is 6.92. The van der Waals surface area contributed by atoms with Crippen LogP contribution < -0.4 is 0 Å². The van der Waals surface area contributed by atoms with Gasteiger partial charge >= 0.3 is 7.12 Å². The van der Waals surface area contributed by atoms with Crippen LogP contribution in [0.2, 0.25) is 6.32 Å². The van der Waals surface area contributed by atoms with Crippen molar-refractivity contribution in [3.63, 3.8) is 0 Å². The van der Waals surface area contributed by atoms with E-state index in [4.69, 9.17) is 0 Å². The Labute approximate surface area is 66.0 Å². The highest BCUT2D eigenvalue weighted by molar-refractivity contribution is 6.48. The molecule has 0 radical (unpaired) electrons. The van der Waals surface area contributed by atoms with Crippen LogP contribution >= 0.6 is 0 Å². The summed E-state index contributed by atoms with van der Waals surface area (Å²) in [5, 5.41) is 0. The Morgan fingerprint density at radius 2 is 1.55 bits per heavy atom. The number of hydrogen-bond donors (Lipinski definition) is 0. The summed E-state index contributed by atoms with van der Waals surface area (Å²) in [5.74, 6) is -0.892. The van der Waals surface area contributed by atoms with Gasteiger partial charge in [0.2, 0.25) is 0 Å². The second-order valence-electron chi connectivity index (χ2n) is 2.06. The molecule has 11 heavy (non-hydrogen) atoms. The summed E-state index contributed by atoms with van der Waals surface area (Å²) in [5.41, 5.74) is 0. The van der Waals surface area contributed by atoms with Crippen LogP contribution in [0.5, 0.6) is 0 Å². The van der Waals surface area contributed by atoms with Gasteiger partial charge in [-0.05, 0) is 0 Å². The third-order valence-corrected chi connectivity index (χ3v) is 0.928. The fourth-order valence-electron chi connectivity index (χ4n) is 0.561. The van der Waals surface area contributed by atoms with Crippen molar-refractivity contribution in [2.45, 2.75) is 27.1 Å². The quantitative estimate of drug-likeness (QED) is 0.565. The summed E-state index contributed by atoms with van der Waals surface area (Å²) >= 11 is 0. The van der Waals surface area contributed by atoms with E-state index in [1.165, 1.54) is 13.8 Å². The zero-order valence-corrected chi connectivity index (χ0v) is 6.92. The molecule has 0 fully saturated rings. The van der Waals surface area contributed by atoms with E-state index in [-0.39, 0.29) is 0 Å². The monoisotopic (exact) mass is 158 g/mol. The molecule has 0 aliphatic carbocycles. The Morgan fingerprint density at radius 1 is 1.18 bits per heavy atom. The molecule has 0 spiro atoms. The average molecular weight is 158 g/mol. The van der Waals surface area contributed by atoms with Crippen molar-refractivity contribution in [1.29, 1.82) is 0 Å². The van der Waals surface area contributed by atoms with E-state index in [0.717, 1.165) is 0 Å². The van der Waals surface area contributed by atoms with Gasteiger partial charge in [-0.3, -0.25) is 9.59 Å². The highest BCUT2D eigenvalue weighted by Crippen LogP contribution is 1.96. The van der Waals surface area contributed by atoms with Crippen molar-refractivity contribution in [1.82, 2.24) is 0 Å². The van der Waals surface area contributed by atoms with E-state index in [2.05, 4.69) is 9.31 Å². The molecule has 5 heteroatoms. The van der Waals surface area contributed by atoms with Gasteiger partial charge in [-0.2, -0.15) is 0 Å². The highest BCUT2D eigenvalue weighted by Gasteiger charge is 2.21. The Hall–Kier alpha value is -0.995. The van der Waals surface area contributed by atoms with E-state index in [1.54, 1.807) is 6.92 Å². The van der Waals surface area contributed by atoms with Crippen molar-refractivity contribution >= 4 is 19.1 Å². The molecular formula is C6H11BO4. The van der Waals surface area contributed by atoms with Crippen LogP contribution in [0.1, 0.15) is 20.8 Å². The van der Waals surface area contributed by atoms with E-state index < -0.39 is 19.1 Å². The lowest BCUT2D eigenvalue weighted by Crippen LogP contribution is -2.26. The van der Waals surface area contributed by atoms with Crippen LogP contribution in [0.3, 0.4) is 0 Å². The van der Waals surface area contributed by atoms with E-state index >= 15 is 0 Å². The molecule has 0 aromatic rings. The van der Waals surface area contributed by atoms with Gasteiger partial charge in [0.15, 0.2) is 0 Å². The zero-order chi connectivity index (χ0) is 8.85. The summed E-state index contributed by atoms with van der Waals surface area (Å²) in [4.78, 5) is 20.8. The Kier molecular flexibility index (Phi) is 4.33. The molecule has 0 saturated heterocycles. The molecule has 0 N–H and O–H groups in total. The van der Waals surface area contributed by atoms with Crippen molar-refractivity contribution in [3.05, 3.63) is 0 Å². The van der Waals surface area contributed by atoms with Crippen LogP contribution in [0.15, 0.2) is 0 Å². The van der Waals surface area contributed by atoms with E-state index in [1.807, 2.05) is 0 Å². The Bertz CT molecular complexity index is 141. The molecule has 0 aliphatic heterocycles. The number of rotatable bonds is 3. The number of hydrogen-bond acceptors (Lipinski definition) is 4. The van der Waals surface area contributed by atoms with Crippen LogP contribution in [0.25, 0.3) is 0 Å². The lowest BCUT2D eigenvalue weighted by atomic mass is 9.86. The standard InChI is InChI=1S/C6H11BO4/c1-4-7(10-5(2)8)11-6(3)9/h4H2,1-3H3. The SMILES string of the molecule is CCB(OC(C)=O)OC(C)=O. The topological polar surface area (TPSA) is 52.6 Å². The van der Waals surface area contributed by atoms with Gasteiger partial charge in [0.1, 0.15) is 0 Å². The third-order valence-electron chi connectivity index (χ3n) is 0.928. The molecule has 0 amide bonds. The summed E-state index contributed by atoms with van der Waals surface area (Å²) in [6.45, 7) is 4.30. The smallest absolute Gasteiger partial charge is 0.499 e. The van der Waals surface area contributed by atoms with Crippen LogP contribution in [-0.4, -0.2) is 19.1 Å². The first kappa shape index (κ1) is 10.0. The summed E-state index contributed by atoms with van der Waals surface area (Å²) in [7, 11) is -0.731. The Morgan fingerprint density at radius 3 is 1.73 bits per heavy atom. The molecule has 0 aromatic carbocycles.